The molecule has 138 valence electrons. The van der Waals surface area contributed by atoms with Crippen LogP contribution in [0.15, 0.2) is 48.3 Å². The Morgan fingerprint density at radius 1 is 1.22 bits per heavy atom. The van der Waals surface area contributed by atoms with Crippen LogP contribution in [0.3, 0.4) is 0 Å². The number of urea groups is 1. The summed E-state index contributed by atoms with van der Waals surface area (Å²) >= 11 is 6.20. The highest BCUT2D eigenvalue weighted by Crippen LogP contribution is 2.28. The van der Waals surface area contributed by atoms with Crippen molar-refractivity contribution in [3.63, 3.8) is 0 Å². The van der Waals surface area contributed by atoms with Crippen LogP contribution in [0, 0.1) is 0 Å². The second-order valence-corrected chi connectivity index (χ2v) is 6.43. The summed E-state index contributed by atoms with van der Waals surface area (Å²) in [4.78, 5) is 41.8. The number of ether oxygens (including phenoxy) is 1. The maximum Gasteiger partial charge on any atom is 0.336 e. The number of rotatable bonds is 4. The van der Waals surface area contributed by atoms with E-state index in [1.807, 2.05) is 13.8 Å². The van der Waals surface area contributed by atoms with E-state index in [1.54, 1.807) is 30.3 Å². The molecule has 1 aliphatic heterocycles. The average Bonchev–Trinajstić information content (AvgIpc) is 2.61. The molecule has 0 unspecified atom stereocenters. The minimum atomic E-state index is -0.825. The van der Waals surface area contributed by atoms with E-state index in [2.05, 4.69) is 10.3 Å². The second-order valence-electron chi connectivity index (χ2n) is 6.03. The summed E-state index contributed by atoms with van der Waals surface area (Å²) in [6, 6.07) is 7.22. The molecule has 2 aromatic rings. The number of hydrogen-bond acceptors (Lipinski definition) is 5. The minimum Gasteiger partial charge on any atom is -0.489 e. The number of carbonyl (C=O) groups is 3. The summed E-state index contributed by atoms with van der Waals surface area (Å²) in [6.45, 7) is 3.75. The SMILES string of the molecule is CC(C)Oc1ccc(/C=C2\C(=O)NC(=O)N(c3cccnc3)C2=O)cc1Cl. The highest BCUT2D eigenvalue weighted by Gasteiger charge is 2.36. The Hall–Kier alpha value is -3.19. The van der Waals surface area contributed by atoms with Crippen LogP contribution in [-0.2, 0) is 9.59 Å². The summed E-state index contributed by atoms with van der Waals surface area (Å²) in [6.07, 6.45) is 4.20. The first-order valence-electron chi connectivity index (χ1n) is 8.14. The summed E-state index contributed by atoms with van der Waals surface area (Å²) in [5.41, 5.74) is 0.597. The normalized spacial score (nSPS) is 16.1. The fourth-order valence-corrected chi connectivity index (χ4v) is 2.73. The first kappa shape index (κ1) is 18.6. The quantitative estimate of drug-likeness (QED) is 0.645. The summed E-state index contributed by atoms with van der Waals surface area (Å²) < 4.78 is 5.56. The van der Waals surface area contributed by atoms with Gasteiger partial charge in [0.2, 0.25) is 0 Å². The fraction of sp³-hybridized carbons (Fsp3) is 0.158. The first-order valence-corrected chi connectivity index (χ1v) is 8.52. The smallest absolute Gasteiger partial charge is 0.336 e. The number of amides is 4. The largest absolute Gasteiger partial charge is 0.489 e. The molecule has 0 bridgehead atoms. The van der Waals surface area contributed by atoms with Gasteiger partial charge in [0, 0.05) is 6.20 Å². The lowest BCUT2D eigenvalue weighted by Crippen LogP contribution is -2.54. The number of carbonyl (C=O) groups excluding carboxylic acids is 3. The Labute approximate surface area is 160 Å². The number of nitrogens with zero attached hydrogens (tertiary/aromatic N) is 2. The maximum absolute atomic E-state index is 12.7. The summed E-state index contributed by atoms with van der Waals surface area (Å²) in [5, 5.41) is 2.50. The van der Waals surface area contributed by atoms with Crippen molar-refractivity contribution in [1.29, 1.82) is 0 Å². The second kappa shape index (κ2) is 7.59. The van der Waals surface area contributed by atoms with Gasteiger partial charge in [-0.25, -0.2) is 9.69 Å². The molecule has 0 spiro atoms. The molecular weight excluding hydrogens is 370 g/mol. The average molecular weight is 386 g/mol. The van der Waals surface area contributed by atoms with Crippen molar-refractivity contribution in [3.05, 3.63) is 58.9 Å². The van der Waals surface area contributed by atoms with Crippen LogP contribution in [0.5, 0.6) is 5.75 Å². The monoisotopic (exact) mass is 385 g/mol. The van der Waals surface area contributed by atoms with Gasteiger partial charge >= 0.3 is 6.03 Å². The van der Waals surface area contributed by atoms with E-state index in [4.69, 9.17) is 16.3 Å². The zero-order valence-corrected chi connectivity index (χ0v) is 15.4. The van der Waals surface area contributed by atoms with Crippen molar-refractivity contribution < 1.29 is 19.1 Å². The van der Waals surface area contributed by atoms with Gasteiger partial charge in [-0.1, -0.05) is 17.7 Å². The Bertz CT molecular complexity index is 941. The molecule has 1 saturated heterocycles. The molecule has 4 amide bonds. The molecule has 1 N–H and O–H groups in total. The molecule has 0 aliphatic carbocycles. The van der Waals surface area contributed by atoms with E-state index < -0.39 is 17.8 Å². The van der Waals surface area contributed by atoms with Crippen molar-refractivity contribution in [2.75, 3.05) is 4.90 Å². The fourth-order valence-electron chi connectivity index (χ4n) is 2.50. The number of pyridine rings is 1. The number of anilines is 1. The molecule has 8 heteroatoms. The number of barbiturate groups is 1. The van der Waals surface area contributed by atoms with Crippen LogP contribution in [0.25, 0.3) is 6.08 Å². The molecule has 27 heavy (non-hydrogen) atoms. The third kappa shape index (κ3) is 3.98. The van der Waals surface area contributed by atoms with E-state index in [0.29, 0.717) is 16.3 Å². The summed E-state index contributed by atoms with van der Waals surface area (Å²) in [5.74, 6) is -1.01. The third-order valence-corrected chi connectivity index (χ3v) is 3.93. The number of aromatic nitrogens is 1. The van der Waals surface area contributed by atoms with Crippen LogP contribution in [-0.4, -0.2) is 28.9 Å². The number of halogens is 1. The zero-order valence-electron chi connectivity index (χ0n) is 14.6. The lowest BCUT2D eigenvalue weighted by molar-refractivity contribution is -0.122. The van der Waals surface area contributed by atoms with Gasteiger partial charge < -0.3 is 4.74 Å². The van der Waals surface area contributed by atoms with E-state index in [9.17, 15) is 14.4 Å². The Morgan fingerprint density at radius 3 is 2.63 bits per heavy atom. The number of imide groups is 2. The van der Waals surface area contributed by atoms with E-state index in [-0.39, 0.29) is 17.4 Å². The van der Waals surface area contributed by atoms with Gasteiger partial charge in [0.25, 0.3) is 11.8 Å². The van der Waals surface area contributed by atoms with Gasteiger partial charge in [-0.05, 0) is 49.8 Å². The predicted octanol–water partition coefficient (Wildman–Crippen LogP) is 3.19. The van der Waals surface area contributed by atoms with Crippen LogP contribution in [0.1, 0.15) is 19.4 Å². The van der Waals surface area contributed by atoms with Gasteiger partial charge in [-0.2, -0.15) is 0 Å². The summed E-state index contributed by atoms with van der Waals surface area (Å²) in [7, 11) is 0. The molecule has 0 radical (unpaired) electrons. The molecule has 1 aliphatic rings. The Balaban J connectivity index is 1.95. The Kier molecular flexibility index (Phi) is 5.23. The first-order chi connectivity index (χ1) is 12.9. The van der Waals surface area contributed by atoms with Gasteiger partial charge in [-0.15, -0.1) is 0 Å². The molecule has 1 fully saturated rings. The molecule has 0 saturated carbocycles. The molecule has 3 rings (SSSR count). The van der Waals surface area contributed by atoms with Gasteiger partial charge in [0.15, 0.2) is 0 Å². The lowest BCUT2D eigenvalue weighted by Gasteiger charge is -2.26. The molecular formula is C19H16ClN3O4. The highest BCUT2D eigenvalue weighted by molar-refractivity contribution is 6.39. The van der Waals surface area contributed by atoms with E-state index >= 15 is 0 Å². The van der Waals surface area contributed by atoms with Crippen LogP contribution >= 0.6 is 11.6 Å². The van der Waals surface area contributed by atoms with Gasteiger partial charge in [-0.3, -0.25) is 19.9 Å². The molecule has 1 aromatic heterocycles. The lowest BCUT2D eigenvalue weighted by atomic mass is 10.1. The minimum absolute atomic E-state index is 0.0449. The number of hydrogen-bond donors (Lipinski definition) is 1. The molecule has 0 atom stereocenters. The van der Waals surface area contributed by atoms with E-state index in [0.717, 1.165) is 4.90 Å². The Morgan fingerprint density at radius 2 is 2.00 bits per heavy atom. The van der Waals surface area contributed by atoms with Gasteiger partial charge in [0.05, 0.1) is 23.0 Å². The van der Waals surface area contributed by atoms with Crippen LogP contribution in [0.2, 0.25) is 5.02 Å². The molecule has 7 nitrogen and oxygen atoms in total. The van der Waals surface area contributed by atoms with Crippen molar-refractivity contribution in [2.45, 2.75) is 20.0 Å². The number of nitrogens with one attached hydrogen (secondary N) is 1. The predicted molar refractivity (Wildman–Crippen MR) is 100 cm³/mol. The standard InChI is InChI=1S/C19H16ClN3O4/c1-11(2)27-16-6-5-12(9-15(16)20)8-14-17(24)22-19(26)23(18(14)25)13-4-3-7-21-10-13/h3-11H,1-2H3,(H,22,24,26)/b14-8+. The van der Waals surface area contributed by atoms with Crippen molar-refractivity contribution >= 4 is 41.2 Å². The zero-order chi connectivity index (χ0) is 19.6. The van der Waals surface area contributed by atoms with Gasteiger partial charge in [0.1, 0.15) is 11.3 Å². The van der Waals surface area contributed by atoms with Crippen molar-refractivity contribution in [1.82, 2.24) is 10.3 Å². The van der Waals surface area contributed by atoms with Crippen molar-refractivity contribution in [2.24, 2.45) is 0 Å². The number of benzene rings is 1. The topological polar surface area (TPSA) is 88.6 Å². The third-order valence-electron chi connectivity index (χ3n) is 3.64. The van der Waals surface area contributed by atoms with Crippen molar-refractivity contribution in [3.8, 4) is 5.75 Å². The van der Waals surface area contributed by atoms with E-state index in [1.165, 1.54) is 18.5 Å². The van der Waals surface area contributed by atoms with Crippen LogP contribution < -0.4 is 15.0 Å². The maximum atomic E-state index is 12.7. The molecule has 1 aromatic carbocycles. The van der Waals surface area contributed by atoms with Crippen LogP contribution in [0.4, 0.5) is 10.5 Å². The highest BCUT2D eigenvalue weighted by atomic mass is 35.5. The molecule has 2 heterocycles.